The molecule has 0 aliphatic carbocycles. The van der Waals surface area contributed by atoms with Gasteiger partial charge in [-0.2, -0.15) is 0 Å². The predicted octanol–water partition coefficient (Wildman–Crippen LogP) is 4.75. The van der Waals surface area contributed by atoms with Crippen LogP contribution in [0.1, 0.15) is 64.5 Å². The molecule has 0 aromatic heterocycles. The predicted molar refractivity (Wildman–Crippen MR) is 90.2 cm³/mol. The minimum absolute atomic E-state index is 0.180. The molecule has 1 aromatic carbocycles. The zero-order valence-corrected chi connectivity index (χ0v) is 14.6. The second-order valence-electron chi connectivity index (χ2n) is 7.34. The van der Waals surface area contributed by atoms with Gasteiger partial charge in [0, 0.05) is 12.6 Å². The molecule has 0 spiro atoms. The van der Waals surface area contributed by atoms with E-state index in [9.17, 15) is 4.79 Å². The molecule has 0 N–H and O–H groups in total. The maximum Gasteiger partial charge on any atom is 0.410 e. The Bertz CT molecular complexity index is 518. The van der Waals surface area contributed by atoms with E-state index in [1.165, 1.54) is 11.1 Å². The molecule has 2 atom stereocenters. The third kappa shape index (κ3) is 4.25. The van der Waals surface area contributed by atoms with Gasteiger partial charge >= 0.3 is 6.09 Å². The van der Waals surface area contributed by atoms with Gasteiger partial charge in [-0.25, -0.2) is 4.79 Å². The molecule has 0 radical (unpaired) electrons. The average Bonchev–Trinajstić information content (AvgIpc) is 2.45. The van der Waals surface area contributed by atoms with Gasteiger partial charge in [-0.05, 0) is 64.0 Å². The van der Waals surface area contributed by atoms with E-state index in [4.69, 9.17) is 4.74 Å². The highest BCUT2D eigenvalue weighted by Crippen LogP contribution is 2.32. The van der Waals surface area contributed by atoms with E-state index in [1.807, 2.05) is 25.7 Å². The Labute approximate surface area is 134 Å². The topological polar surface area (TPSA) is 29.5 Å². The lowest BCUT2D eigenvalue weighted by atomic mass is 9.85. The molecule has 1 aromatic rings. The zero-order valence-electron chi connectivity index (χ0n) is 14.6. The van der Waals surface area contributed by atoms with Crippen molar-refractivity contribution in [3.8, 4) is 0 Å². The molecule has 2 unspecified atom stereocenters. The largest absolute Gasteiger partial charge is 0.444 e. The van der Waals surface area contributed by atoms with E-state index >= 15 is 0 Å². The summed E-state index contributed by atoms with van der Waals surface area (Å²) in [5.74, 6) is 0.542. The summed E-state index contributed by atoms with van der Waals surface area (Å²) in [7, 11) is 0. The fraction of sp³-hybridized carbons (Fsp3) is 0.632. The number of carbonyl (C=O) groups is 1. The number of carbonyl (C=O) groups excluding carboxylic acids is 1. The summed E-state index contributed by atoms with van der Waals surface area (Å²) in [5, 5.41) is 0. The summed E-state index contributed by atoms with van der Waals surface area (Å²) < 4.78 is 5.51. The quantitative estimate of drug-likeness (QED) is 0.789. The number of nitrogens with zero attached hydrogens (tertiary/aromatic N) is 1. The highest BCUT2D eigenvalue weighted by molar-refractivity contribution is 5.68. The SMILES string of the molecule is CCc1cccc(C2CCN(C(=O)OC(C)(C)C)C(C)C2)c1. The molecule has 1 saturated heterocycles. The van der Waals surface area contributed by atoms with Crippen LogP contribution >= 0.6 is 0 Å². The molecule has 3 heteroatoms. The Morgan fingerprint density at radius 3 is 2.68 bits per heavy atom. The number of likely N-dealkylation sites (tertiary alicyclic amines) is 1. The van der Waals surface area contributed by atoms with Gasteiger partial charge < -0.3 is 9.64 Å². The van der Waals surface area contributed by atoms with Crippen molar-refractivity contribution in [2.75, 3.05) is 6.54 Å². The number of rotatable bonds is 2. The minimum atomic E-state index is -0.427. The number of amides is 1. The number of benzene rings is 1. The van der Waals surface area contributed by atoms with Crippen LogP contribution in [0.25, 0.3) is 0 Å². The Morgan fingerprint density at radius 1 is 1.36 bits per heavy atom. The highest BCUT2D eigenvalue weighted by atomic mass is 16.6. The van der Waals surface area contributed by atoms with Crippen LogP contribution in [-0.4, -0.2) is 29.2 Å². The first-order valence-corrected chi connectivity index (χ1v) is 8.38. The Hall–Kier alpha value is -1.51. The van der Waals surface area contributed by atoms with Crippen molar-refractivity contribution < 1.29 is 9.53 Å². The van der Waals surface area contributed by atoms with Crippen molar-refractivity contribution in [3.05, 3.63) is 35.4 Å². The first-order chi connectivity index (χ1) is 10.3. The minimum Gasteiger partial charge on any atom is -0.444 e. The molecule has 1 aliphatic heterocycles. The van der Waals surface area contributed by atoms with Crippen molar-refractivity contribution in [1.82, 2.24) is 4.90 Å². The molecule has 3 nitrogen and oxygen atoms in total. The first-order valence-electron chi connectivity index (χ1n) is 8.38. The summed E-state index contributed by atoms with van der Waals surface area (Å²) in [6, 6.07) is 9.10. The molecule has 1 fully saturated rings. The maximum absolute atomic E-state index is 12.3. The van der Waals surface area contributed by atoms with Gasteiger partial charge in [0.05, 0.1) is 0 Å². The van der Waals surface area contributed by atoms with Crippen molar-refractivity contribution in [2.45, 2.75) is 71.4 Å². The summed E-state index contributed by atoms with van der Waals surface area (Å²) in [4.78, 5) is 14.2. The number of aryl methyl sites for hydroxylation is 1. The number of hydrogen-bond donors (Lipinski definition) is 0. The molecule has 0 saturated carbocycles. The molecule has 1 heterocycles. The molecular formula is C19H29NO2. The lowest BCUT2D eigenvalue weighted by Gasteiger charge is -2.38. The van der Waals surface area contributed by atoms with Gasteiger partial charge in [-0.3, -0.25) is 0 Å². The van der Waals surface area contributed by atoms with Gasteiger partial charge in [0.15, 0.2) is 0 Å². The van der Waals surface area contributed by atoms with E-state index in [1.54, 1.807) is 0 Å². The third-order valence-corrected chi connectivity index (χ3v) is 4.33. The first kappa shape index (κ1) is 16.9. The molecule has 1 aliphatic rings. The number of piperidine rings is 1. The fourth-order valence-corrected chi connectivity index (χ4v) is 3.13. The van der Waals surface area contributed by atoms with E-state index in [0.717, 1.165) is 25.8 Å². The van der Waals surface area contributed by atoms with E-state index in [2.05, 4.69) is 38.1 Å². The van der Waals surface area contributed by atoms with Crippen molar-refractivity contribution >= 4 is 6.09 Å². The monoisotopic (exact) mass is 303 g/mol. The molecule has 122 valence electrons. The molecule has 1 amide bonds. The van der Waals surface area contributed by atoms with E-state index in [-0.39, 0.29) is 12.1 Å². The van der Waals surface area contributed by atoms with Crippen LogP contribution in [-0.2, 0) is 11.2 Å². The van der Waals surface area contributed by atoms with Crippen LogP contribution < -0.4 is 0 Å². The smallest absolute Gasteiger partial charge is 0.410 e. The lowest BCUT2D eigenvalue weighted by molar-refractivity contribution is 0.0103. The van der Waals surface area contributed by atoms with Gasteiger partial charge in [0.25, 0.3) is 0 Å². The summed E-state index contributed by atoms with van der Waals surface area (Å²) in [6.07, 6.45) is 2.91. The maximum atomic E-state index is 12.3. The lowest BCUT2D eigenvalue weighted by Crippen LogP contribution is -2.46. The van der Waals surface area contributed by atoms with Crippen LogP contribution in [0.3, 0.4) is 0 Å². The van der Waals surface area contributed by atoms with Crippen molar-refractivity contribution in [1.29, 1.82) is 0 Å². The van der Waals surface area contributed by atoms with Crippen molar-refractivity contribution in [2.24, 2.45) is 0 Å². The van der Waals surface area contributed by atoms with Gasteiger partial charge in [-0.15, -0.1) is 0 Å². The summed E-state index contributed by atoms with van der Waals surface area (Å²) in [6.45, 7) is 10.8. The molecular weight excluding hydrogens is 274 g/mol. The second kappa shape index (κ2) is 6.72. The van der Waals surface area contributed by atoms with Gasteiger partial charge in [0.1, 0.15) is 5.60 Å². The van der Waals surface area contributed by atoms with Crippen LogP contribution in [0.2, 0.25) is 0 Å². The van der Waals surface area contributed by atoms with Gasteiger partial charge in [0.2, 0.25) is 0 Å². The molecule has 22 heavy (non-hydrogen) atoms. The summed E-state index contributed by atoms with van der Waals surface area (Å²) >= 11 is 0. The third-order valence-electron chi connectivity index (χ3n) is 4.33. The van der Waals surface area contributed by atoms with E-state index < -0.39 is 5.60 Å². The normalized spacial score (nSPS) is 22.5. The van der Waals surface area contributed by atoms with Crippen LogP contribution in [0.4, 0.5) is 4.79 Å². The average molecular weight is 303 g/mol. The number of hydrogen-bond acceptors (Lipinski definition) is 2. The second-order valence-corrected chi connectivity index (χ2v) is 7.34. The van der Waals surface area contributed by atoms with Crippen molar-refractivity contribution in [3.63, 3.8) is 0 Å². The standard InChI is InChI=1S/C19H29NO2/c1-6-15-8-7-9-16(13-15)17-10-11-20(14(2)12-17)18(21)22-19(3,4)5/h7-9,13-14,17H,6,10-12H2,1-5H3. The molecule has 2 rings (SSSR count). The Kier molecular flexibility index (Phi) is 5.15. The fourth-order valence-electron chi connectivity index (χ4n) is 3.13. The van der Waals surface area contributed by atoms with Crippen LogP contribution in [0.15, 0.2) is 24.3 Å². The van der Waals surface area contributed by atoms with Gasteiger partial charge in [-0.1, -0.05) is 31.2 Å². The summed E-state index contributed by atoms with van der Waals surface area (Å²) in [5.41, 5.74) is 2.37. The Balaban J connectivity index is 2.01. The van der Waals surface area contributed by atoms with E-state index in [0.29, 0.717) is 5.92 Å². The zero-order chi connectivity index (χ0) is 16.3. The number of ether oxygens (including phenoxy) is 1. The highest BCUT2D eigenvalue weighted by Gasteiger charge is 2.32. The van der Waals surface area contributed by atoms with Crippen LogP contribution in [0, 0.1) is 0 Å². The molecule has 0 bridgehead atoms. The Morgan fingerprint density at radius 2 is 2.09 bits per heavy atom. The van der Waals surface area contributed by atoms with Crippen LogP contribution in [0.5, 0.6) is 0 Å².